The van der Waals surface area contributed by atoms with Crippen molar-refractivity contribution in [2.75, 3.05) is 38.7 Å². The molecule has 0 amide bonds. The van der Waals surface area contributed by atoms with E-state index >= 15 is 0 Å². The number of rotatable bonds is 4. The number of aliphatic carboxylic acids is 1. The lowest BCUT2D eigenvalue weighted by Crippen LogP contribution is -2.45. The molecule has 5 heteroatoms. The maximum absolute atomic E-state index is 10.9. The SMILES string of the molecule is CN(C)c1ccc(CN2CCOC(C(=O)O)C2)cc1. The van der Waals surface area contributed by atoms with Crippen LogP contribution in [-0.4, -0.2) is 55.9 Å². The summed E-state index contributed by atoms with van der Waals surface area (Å²) in [6.45, 7) is 2.47. The quantitative estimate of drug-likeness (QED) is 0.880. The van der Waals surface area contributed by atoms with E-state index in [4.69, 9.17) is 9.84 Å². The number of nitrogens with zero attached hydrogens (tertiary/aromatic N) is 2. The van der Waals surface area contributed by atoms with Crippen molar-refractivity contribution >= 4 is 11.7 Å². The molecule has 1 heterocycles. The van der Waals surface area contributed by atoms with Gasteiger partial charge in [0.25, 0.3) is 0 Å². The average Bonchev–Trinajstić information content (AvgIpc) is 2.39. The predicted octanol–water partition coefficient (Wildman–Crippen LogP) is 1.04. The van der Waals surface area contributed by atoms with Gasteiger partial charge in [-0.25, -0.2) is 4.79 Å². The van der Waals surface area contributed by atoms with E-state index in [1.165, 1.54) is 5.56 Å². The molecule has 5 nitrogen and oxygen atoms in total. The highest BCUT2D eigenvalue weighted by Gasteiger charge is 2.25. The van der Waals surface area contributed by atoms with Crippen LogP contribution in [0.3, 0.4) is 0 Å². The van der Waals surface area contributed by atoms with Gasteiger partial charge in [0.1, 0.15) is 0 Å². The lowest BCUT2D eigenvalue weighted by atomic mass is 10.1. The monoisotopic (exact) mass is 264 g/mol. The molecule has 0 aromatic heterocycles. The van der Waals surface area contributed by atoms with Crippen LogP contribution in [0.2, 0.25) is 0 Å². The van der Waals surface area contributed by atoms with Crippen molar-refractivity contribution in [1.29, 1.82) is 0 Å². The third-order valence-corrected chi connectivity index (χ3v) is 3.28. The Kier molecular flexibility index (Phi) is 4.39. The highest BCUT2D eigenvalue weighted by Crippen LogP contribution is 2.15. The van der Waals surface area contributed by atoms with Gasteiger partial charge in [-0.15, -0.1) is 0 Å². The van der Waals surface area contributed by atoms with Crippen molar-refractivity contribution in [3.05, 3.63) is 29.8 Å². The molecule has 1 aliphatic heterocycles. The zero-order chi connectivity index (χ0) is 13.8. The van der Waals surface area contributed by atoms with E-state index in [9.17, 15) is 4.79 Å². The summed E-state index contributed by atoms with van der Waals surface area (Å²) in [6, 6.07) is 8.32. The number of hydrogen-bond donors (Lipinski definition) is 1. The minimum absolute atomic E-state index is 0.449. The smallest absolute Gasteiger partial charge is 0.334 e. The van der Waals surface area contributed by atoms with Gasteiger partial charge in [0.05, 0.1) is 6.61 Å². The molecule has 19 heavy (non-hydrogen) atoms. The largest absolute Gasteiger partial charge is 0.479 e. The molecule has 1 aromatic carbocycles. The third kappa shape index (κ3) is 3.68. The summed E-state index contributed by atoms with van der Waals surface area (Å²) in [5.41, 5.74) is 2.35. The highest BCUT2D eigenvalue weighted by molar-refractivity contribution is 5.72. The topological polar surface area (TPSA) is 53.0 Å². The fraction of sp³-hybridized carbons (Fsp3) is 0.500. The Balaban J connectivity index is 1.95. The van der Waals surface area contributed by atoms with Gasteiger partial charge in [0.2, 0.25) is 0 Å². The molecule has 1 aliphatic rings. The zero-order valence-corrected chi connectivity index (χ0v) is 11.4. The van der Waals surface area contributed by atoms with E-state index in [-0.39, 0.29) is 0 Å². The van der Waals surface area contributed by atoms with Gasteiger partial charge in [-0.3, -0.25) is 4.90 Å². The first-order valence-electron chi connectivity index (χ1n) is 6.39. The minimum atomic E-state index is -0.882. The van der Waals surface area contributed by atoms with Gasteiger partial charge in [-0.05, 0) is 17.7 Å². The Morgan fingerprint density at radius 1 is 1.42 bits per heavy atom. The van der Waals surface area contributed by atoms with E-state index in [0.717, 1.165) is 18.8 Å². The van der Waals surface area contributed by atoms with E-state index in [1.807, 2.05) is 14.1 Å². The molecule has 1 N–H and O–H groups in total. The molecule has 1 unspecified atom stereocenters. The van der Waals surface area contributed by atoms with E-state index in [0.29, 0.717) is 13.2 Å². The van der Waals surface area contributed by atoms with Gasteiger partial charge in [-0.2, -0.15) is 0 Å². The van der Waals surface area contributed by atoms with Crippen LogP contribution in [0.4, 0.5) is 5.69 Å². The summed E-state index contributed by atoms with van der Waals surface area (Å²) >= 11 is 0. The van der Waals surface area contributed by atoms with Crippen molar-refractivity contribution in [3.63, 3.8) is 0 Å². The molecule has 104 valence electrons. The first-order valence-corrected chi connectivity index (χ1v) is 6.39. The second-order valence-corrected chi connectivity index (χ2v) is 4.99. The summed E-state index contributed by atoms with van der Waals surface area (Å²) in [5, 5.41) is 8.96. The molecule has 1 atom stereocenters. The lowest BCUT2D eigenvalue weighted by Gasteiger charge is -2.30. The number of anilines is 1. The van der Waals surface area contributed by atoms with Crippen molar-refractivity contribution in [2.24, 2.45) is 0 Å². The number of benzene rings is 1. The molecule has 0 spiro atoms. The minimum Gasteiger partial charge on any atom is -0.479 e. The first-order chi connectivity index (χ1) is 9.06. The number of ether oxygens (including phenoxy) is 1. The Labute approximate surface area is 113 Å². The number of carbonyl (C=O) groups is 1. The van der Waals surface area contributed by atoms with Gasteiger partial charge in [0.15, 0.2) is 6.10 Å². The van der Waals surface area contributed by atoms with Crippen molar-refractivity contribution < 1.29 is 14.6 Å². The normalized spacial score (nSPS) is 20.2. The van der Waals surface area contributed by atoms with Crippen molar-refractivity contribution in [2.45, 2.75) is 12.6 Å². The van der Waals surface area contributed by atoms with Crippen LogP contribution >= 0.6 is 0 Å². The van der Waals surface area contributed by atoms with Gasteiger partial charge in [-0.1, -0.05) is 12.1 Å². The Morgan fingerprint density at radius 3 is 2.68 bits per heavy atom. The molecule has 0 bridgehead atoms. The molecular weight excluding hydrogens is 244 g/mol. The second-order valence-electron chi connectivity index (χ2n) is 4.99. The standard InChI is InChI=1S/C14H20N2O3/c1-15(2)12-5-3-11(4-6-12)9-16-7-8-19-13(10-16)14(17)18/h3-6,13H,7-10H2,1-2H3,(H,17,18). The third-order valence-electron chi connectivity index (χ3n) is 3.28. The molecule has 0 aliphatic carbocycles. The van der Waals surface area contributed by atoms with Crippen LogP contribution in [0.15, 0.2) is 24.3 Å². The molecule has 0 saturated carbocycles. The Bertz CT molecular complexity index is 431. The van der Waals surface area contributed by atoms with Gasteiger partial charge >= 0.3 is 5.97 Å². The molecule has 1 fully saturated rings. The van der Waals surface area contributed by atoms with Crippen LogP contribution in [-0.2, 0) is 16.1 Å². The summed E-state index contributed by atoms with van der Waals surface area (Å²) < 4.78 is 5.21. The van der Waals surface area contributed by atoms with E-state index < -0.39 is 12.1 Å². The van der Waals surface area contributed by atoms with Crippen LogP contribution in [0.1, 0.15) is 5.56 Å². The zero-order valence-electron chi connectivity index (χ0n) is 11.4. The fourth-order valence-corrected chi connectivity index (χ4v) is 2.15. The molecule has 1 aromatic rings. The van der Waals surface area contributed by atoms with Crippen LogP contribution in [0.25, 0.3) is 0 Å². The summed E-state index contributed by atoms with van der Waals surface area (Å²) in [4.78, 5) is 15.1. The van der Waals surface area contributed by atoms with E-state index in [1.54, 1.807) is 0 Å². The number of carboxylic acids is 1. The maximum Gasteiger partial charge on any atom is 0.334 e. The fourth-order valence-electron chi connectivity index (χ4n) is 2.15. The summed E-state index contributed by atoms with van der Waals surface area (Å²) in [6.07, 6.45) is -0.699. The number of carboxylic acid groups (broad SMARTS) is 1. The highest BCUT2D eigenvalue weighted by atomic mass is 16.5. The summed E-state index contributed by atoms with van der Waals surface area (Å²) in [7, 11) is 4.02. The first kappa shape index (κ1) is 13.8. The van der Waals surface area contributed by atoms with E-state index in [2.05, 4.69) is 34.1 Å². The van der Waals surface area contributed by atoms with Crippen molar-refractivity contribution in [3.8, 4) is 0 Å². The van der Waals surface area contributed by atoms with Gasteiger partial charge in [0, 0.05) is 39.4 Å². The average molecular weight is 264 g/mol. The number of hydrogen-bond acceptors (Lipinski definition) is 4. The Morgan fingerprint density at radius 2 is 2.11 bits per heavy atom. The van der Waals surface area contributed by atoms with Crippen molar-refractivity contribution in [1.82, 2.24) is 4.90 Å². The van der Waals surface area contributed by atoms with Crippen LogP contribution in [0.5, 0.6) is 0 Å². The molecule has 0 radical (unpaired) electrons. The molecular formula is C14H20N2O3. The predicted molar refractivity (Wildman–Crippen MR) is 73.4 cm³/mol. The number of morpholine rings is 1. The van der Waals surface area contributed by atoms with Crippen LogP contribution in [0, 0.1) is 0 Å². The Hall–Kier alpha value is -1.59. The molecule has 2 rings (SSSR count). The lowest BCUT2D eigenvalue weighted by molar-refractivity contribution is -0.156. The maximum atomic E-state index is 10.9. The van der Waals surface area contributed by atoms with Crippen LogP contribution < -0.4 is 4.90 Å². The van der Waals surface area contributed by atoms with Gasteiger partial charge < -0.3 is 14.7 Å². The second kappa shape index (κ2) is 6.04. The molecule has 1 saturated heterocycles. The summed E-state index contributed by atoms with van der Waals surface area (Å²) in [5.74, 6) is -0.882.